The Morgan fingerprint density at radius 1 is 1.64 bits per heavy atom. The van der Waals surface area contributed by atoms with Crippen molar-refractivity contribution in [2.45, 2.75) is 6.92 Å². The van der Waals surface area contributed by atoms with Gasteiger partial charge < -0.3 is 5.73 Å². The summed E-state index contributed by atoms with van der Waals surface area (Å²) >= 11 is 5.60. The van der Waals surface area contributed by atoms with Gasteiger partial charge in [-0.3, -0.25) is 0 Å². The number of aliphatic imine (C=N–C) groups is 1. The topological polar surface area (TPSA) is 64.2 Å². The van der Waals surface area contributed by atoms with Crippen molar-refractivity contribution in [3.05, 3.63) is 11.5 Å². The normalized spacial score (nSPS) is 10.7. The van der Waals surface area contributed by atoms with Gasteiger partial charge in [-0.2, -0.15) is 0 Å². The fourth-order valence-corrected chi connectivity index (χ4v) is 0.719. The molecule has 0 spiro atoms. The van der Waals surface area contributed by atoms with Crippen LogP contribution in [0.5, 0.6) is 0 Å². The number of rotatable bonds is 1. The number of nitrogens with two attached hydrogens (primary N) is 1. The van der Waals surface area contributed by atoms with Gasteiger partial charge in [0.15, 0.2) is 11.0 Å². The van der Waals surface area contributed by atoms with Crippen LogP contribution in [0.2, 0.25) is 5.15 Å². The molecule has 0 aliphatic heterocycles. The number of halogens is 1. The predicted molar refractivity (Wildman–Crippen MR) is 45.3 cm³/mol. The summed E-state index contributed by atoms with van der Waals surface area (Å²) in [6.07, 6.45) is 2.91. The third-order valence-corrected chi connectivity index (χ3v) is 1.37. The van der Waals surface area contributed by atoms with Gasteiger partial charge in [0.2, 0.25) is 0 Å². The molecule has 1 rings (SSSR count). The van der Waals surface area contributed by atoms with E-state index in [-0.39, 0.29) is 5.15 Å². The van der Waals surface area contributed by atoms with Gasteiger partial charge in [0.05, 0.1) is 0 Å². The lowest BCUT2D eigenvalue weighted by atomic mass is 10.5. The molecule has 0 radical (unpaired) electrons. The molecule has 0 bridgehead atoms. The summed E-state index contributed by atoms with van der Waals surface area (Å²) in [5.74, 6) is 0.410. The Morgan fingerprint density at radius 3 is 3.00 bits per heavy atom. The maximum atomic E-state index is 5.60. The maximum Gasteiger partial charge on any atom is 0.179 e. The third kappa shape index (κ3) is 1.65. The number of nitrogen functional groups attached to an aromatic ring is 1. The van der Waals surface area contributed by atoms with Crippen LogP contribution in [-0.2, 0) is 0 Å². The largest absolute Gasteiger partial charge is 0.393 e. The fourth-order valence-electron chi connectivity index (χ4n) is 0.591. The number of hydrogen-bond acceptors (Lipinski definition) is 4. The summed E-state index contributed by atoms with van der Waals surface area (Å²) in [6.45, 7) is 1.77. The maximum absolute atomic E-state index is 5.60. The van der Waals surface area contributed by atoms with Gasteiger partial charge in [-0.15, -0.1) is 0 Å². The van der Waals surface area contributed by atoms with Gasteiger partial charge in [0, 0.05) is 6.21 Å². The summed E-state index contributed by atoms with van der Waals surface area (Å²) < 4.78 is 0. The van der Waals surface area contributed by atoms with Crippen LogP contribution in [0.3, 0.4) is 0 Å². The Morgan fingerprint density at radius 2 is 2.36 bits per heavy atom. The van der Waals surface area contributed by atoms with Crippen molar-refractivity contribution in [1.29, 1.82) is 0 Å². The van der Waals surface area contributed by atoms with Crippen LogP contribution in [-0.4, -0.2) is 16.2 Å². The van der Waals surface area contributed by atoms with E-state index in [1.54, 1.807) is 13.1 Å². The summed E-state index contributed by atoms with van der Waals surface area (Å²) in [4.78, 5) is 11.4. The van der Waals surface area contributed by atoms with E-state index in [0.717, 1.165) is 0 Å². The first kappa shape index (κ1) is 7.94. The highest BCUT2D eigenvalue weighted by molar-refractivity contribution is 6.32. The van der Waals surface area contributed by atoms with Crippen molar-refractivity contribution in [2.24, 2.45) is 4.99 Å². The zero-order chi connectivity index (χ0) is 8.27. The number of hydrogen-bond donors (Lipinski definition) is 1. The Labute approximate surface area is 69.1 Å². The second-order valence-electron chi connectivity index (χ2n) is 1.79. The molecule has 0 saturated heterocycles. The van der Waals surface area contributed by atoms with Crippen LogP contribution >= 0.6 is 11.6 Å². The van der Waals surface area contributed by atoms with Crippen molar-refractivity contribution in [1.82, 2.24) is 9.97 Å². The lowest BCUT2D eigenvalue weighted by Gasteiger charge is -1.97. The smallest absolute Gasteiger partial charge is 0.179 e. The standard InChI is InChI=1S/C6H7ClN4/c1-2-9-6-4(8)5(7)10-3-11-6/h2-3H,8H2,1H3/b9-2-. The Hall–Kier alpha value is -1.16. The average Bonchev–Trinajstić information content (AvgIpc) is 1.99. The zero-order valence-corrected chi connectivity index (χ0v) is 6.71. The zero-order valence-electron chi connectivity index (χ0n) is 5.95. The minimum atomic E-state index is 0.237. The number of nitrogens with zero attached hydrogens (tertiary/aromatic N) is 3. The molecule has 2 N–H and O–H groups in total. The van der Waals surface area contributed by atoms with Crippen LogP contribution in [0, 0.1) is 0 Å². The van der Waals surface area contributed by atoms with Gasteiger partial charge in [0.25, 0.3) is 0 Å². The van der Waals surface area contributed by atoms with E-state index in [4.69, 9.17) is 17.3 Å². The Bertz CT molecular complexity index is 284. The molecule has 0 aliphatic carbocycles. The van der Waals surface area contributed by atoms with Gasteiger partial charge in [-0.25, -0.2) is 15.0 Å². The molecular weight excluding hydrogens is 164 g/mol. The van der Waals surface area contributed by atoms with Crippen LogP contribution in [0.25, 0.3) is 0 Å². The first-order valence-corrected chi connectivity index (χ1v) is 3.38. The Balaban J connectivity index is 3.16. The molecule has 4 nitrogen and oxygen atoms in total. The molecule has 0 aromatic carbocycles. The summed E-state index contributed by atoms with van der Waals surface area (Å²) in [6, 6.07) is 0. The lowest BCUT2D eigenvalue weighted by Crippen LogP contribution is -1.91. The van der Waals surface area contributed by atoms with Gasteiger partial charge >= 0.3 is 0 Å². The van der Waals surface area contributed by atoms with E-state index < -0.39 is 0 Å². The molecule has 0 unspecified atom stereocenters. The quantitative estimate of drug-likeness (QED) is 0.512. The fraction of sp³-hybridized carbons (Fsp3) is 0.167. The minimum Gasteiger partial charge on any atom is -0.393 e. The van der Waals surface area contributed by atoms with Crippen LogP contribution < -0.4 is 5.73 Å². The summed E-state index contributed by atoms with van der Waals surface area (Å²) in [5, 5.41) is 0.237. The molecule has 11 heavy (non-hydrogen) atoms. The highest BCUT2D eigenvalue weighted by atomic mass is 35.5. The molecule has 0 aliphatic rings. The van der Waals surface area contributed by atoms with Crippen LogP contribution in [0.4, 0.5) is 11.5 Å². The van der Waals surface area contributed by atoms with E-state index in [1.807, 2.05) is 0 Å². The van der Waals surface area contributed by atoms with E-state index in [1.165, 1.54) is 6.33 Å². The molecule has 0 fully saturated rings. The van der Waals surface area contributed by atoms with Gasteiger partial charge in [-0.05, 0) is 6.92 Å². The molecule has 0 amide bonds. The Kier molecular flexibility index (Phi) is 2.38. The molecular formula is C6H7ClN4. The van der Waals surface area contributed by atoms with Crippen molar-refractivity contribution >= 4 is 29.3 Å². The van der Waals surface area contributed by atoms with E-state index in [2.05, 4.69) is 15.0 Å². The first-order chi connectivity index (χ1) is 5.25. The molecule has 0 atom stereocenters. The lowest BCUT2D eigenvalue weighted by molar-refractivity contribution is 1.16. The SMILES string of the molecule is C/C=N\c1ncnc(Cl)c1N. The summed E-state index contributed by atoms with van der Waals surface area (Å²) in [5.41, 5.74) is 5.81. The highest BCUT2D eigenvalue weighted by Crippen LogP contribution is 2.23. The number of anilines is 1. The molecule has 0 saturated carbocycles. The minimum absolute atomic E-state index is 0.237. The highest BCUT2D eigenvalue weighted by Gasteiger charge is 2.02. The van der Waals surface area contributed by atoms with E-state index in [0.29, 0.717) is 11.5 Å². The van der Waals surface area contributed by atoms with Gasteiger partial charge in [0.1, 0.15) is 12.0 Å². The van der Waals surface area contributed by atoms with Crippen molar-refractivity contribution in [3.8, 4) is 0 Å². The second kappa shape index (κ2) is 3.30. The van der Waals surface area contributed by atoms with Gasteiger partial charge in [-0.1, -0.05) is 11.6 Å². The predicted octanol–water partition coefficient (Wildman–Crippen LogP) is 1.43. The second-order valence-corrected chi connectivity index (χ2v) is 2.15. The van der Waals surface area contributed by atoms with Crippen molar-refractivity contribution < 1.29 is 0 Å². The molecule has 1 heterocycles. The van der Waals surface area contributed by atoms with Crippen molar-refractivity contribution in [3.63, 3.8) is 0 Å². The van der Waals surface area contributed by atoms with E-state index in [9.17, 15) is 0 Å². The molecule has 1 aromatic rings. The van der Waals surface area contributed by atoms with E-state index >= 15 is 0 Å². The molecule has 58 valence electrons. The number of aromatic nitrogens is 2. The summed E-state index contributed by atoms with van der Waals surface area (Å²) in [7, 11) is 0. The first-order valence-electron chi connectivity index (χ1n) is 3.00. The monoisotopic (exact) mass is 170 g/mol. The van der Waals surface area contributed by atoms with Crippen LogP contribution in [0.15, 0.2) is 11.3 Å². The molecule has 1 aromatic heterocycles. The van der Waals surface area contributed by atoms with Crippen LogP contribution in [0.1, 0.15) is 6.92 Å². The molecule has 5 heteroatoms. The van der Waals surface area contributed by atoms with Crippen molar-refractivity contribution in [2.75, 3.05) is 5.73 Å². The third-order valence-electron chi connectivity index (χ3n) is 1.07. The average molecular weight is 171 g/mol.